The van der Waals surface area contributed by atoms with Gasteiger partial charge in [-0.15, -0.1) is 0 Å². The molecule has 5 heteroatoms. The SMILES string of the molecule is Cn1cc(CNC(=O)C(N)c2ccccc2)cn1. The van der Waals surface area contributed by atoms with E-state index in [1.807, 2.05) is 43.6 Å². The van der Waals surface area contributed by atoms with Crippen LogP contribution in [0.2, 0.25) is 0 Å². The first-order chi connectivity index (χ1) is 8.66. The zero-order valence-corrected chi connectivity index (χ0v) is 10.2. The second kappa shape index (κ2) is 5.46. The van der Waals surface area contributed by atoms with E-state index in [1.165, 1.54) is 0 Å². The number of carbonyl (C=O) groups is 1. The minimum absolute atomic E-state index is 0.190. The zero-order chi connectivity index (χ0) is 13.0. The Kier molecular flexibility index (Phi) is 3.74. The van der Waals surface area contributed by atoms with Crippen LogP contribution in [0.4, 0.5) is 0 Å². The van der Waals surface area contributed by atoms with Gasteiger partial charge < -0.3 is 11.1 Å². The van der Waals surface area contributed by atoms with E-state index in [4.69, 9.17) is 5.73 Å². The molecule has 3 N–H and O–H groups in total. The maximum absolute atomic E-state index is 11.9. The van der Waals surface area contributed by atoms with Gasteiger partial charge in [-0.05, 0) is 5.56 Å². The number of carbonyl (C=O) groups excluding carboxylic acids is 1. The highest BCUT2D eigenvalue weighted by molar-refractivity contribution is 5.82. The molecule has 2 aromatic rings. The third-order valence-electron chi connectivity index (χ3n) is 2.67. The standard InChI is InChI=1S/C13H16N4O/c1-17-9-10(8-16-17)7-15-13(18)12(14)11-5-3-2-4-6-11/h2-6,8-9,12H,7,14H2,1H3,(H,15,18). The van der Waals surface area contributed by atoms with Crippen molar-refractivity contribution in [3.63, 3.8) is 0 Å². The Morgan fingerprint density at radius 3 is 2.78 bits per heavy atom. The summed E-state index contributed by atoms with van der Waals surface area (Å²) in [6.45, 7) is 0.438. The average molecular weight is 244 g/mol. The van der Waals surface area contributed by atoms with Gasteiger partial charge in [0.05, 0.1) is 6.20 Å². The fourth-order valence-corrected chi connectivity index (χ4v) is 1.67. The molecular weight excluding hydrogens is 228 g/mol. The first kappa shape index (κ1) is 12.3. The fourth-order valence-electron chi connectivity index (χ4n) is 1.67. The van der Waals surface area contributed by atoms with Crippen LogP contribution in [0.25, 0.3) is 0 Å². The molecule has 1 amide bonds. The van der Waals surface area contributed by atoms with Crippen LogP contribution in [0.15, 0.2) is 42.7 Å². The third kappa shape index (κ3) is 2.95. The minimum atomic E-state index is -0.636. The number of rotatable bonds is 4. The molecular formula is C13H16N4O. The maximum Gasteiger partial charge on any atom is 0.241 e. The minimum Gasteiger partial charge on any atom is -0.350 e. The molecule has 0 aliphatic carbocycles. The summed E-state index contributed by atoms with van der Waals surface area (Å²) in [5, 5.41) is 6.82. The molecule has 94 valence electrons. The van der Waals surface area contributed by atoms with Gasteiger partial charge in [0, 0.05) is 25.4 Å². The van der Waals surface area contributed by atoms with E-state index >= 15 is 0 Å². The molecule has 0 bridgehead atoms. The van der Waals surface area contributed by atoms with Crippen LogP contribution in [0.1, 0.15) is 17.2 Å². The Hall–Kier alpha value is -2.14. The Labute approximate surface area is 106 Å². The fraction of sp³-hybridized carbons (Fsp3) is 0.231. The molecule has 5 nitrogen and oxygen atoms in total. The van der Waals surface area contributed by atoms with E-state index in [2.05, 4.69) is 10.4 Å². The largest absolute Gasteiger partial charge is 0.350 e. The van der Waals surface area contributed by atoms with Crippen molar-refractivity contribution in [2.75, 3.05) is 0 Å². The number of hydrogen-bond donors (Lipinski definition) is 2. The van der Waals surface area contributed by atoms with Crippen LogP contribution in [-0.2, 0) is 18.4 Å². The van der Waals surface area contributed by atoms with Crippen LogP contribution < -0.4 is 11.1 Å². The van der Waals surface area contributed by atoms with E-state index in [1.54, 1.807) is 10.9 Å². The van der Waals surface area contributed by atoms with Gasteiger partial charge in [-0.25, -0.2) is 0 Å². The number of benzene rings is 1. The summed E-state index contributed by atoms with van der Waals surface area (Å²) in [7, 11) is 1.83. The van der Waals surface area contributed by atoms with E-state index in [0.717, 1.165) is 11.1 Å². The van der Waals surface area contributed by atoms with Crippen molar-refractivity contribution in [1.29, 1.82) is 0 Å². The molecule has 1 unspecified atom stereocenters. The molecule has 0 aliphatic rings. The number of aromatic nitrogens is 2. The highest BCUT2D eigenvalue weighted by atomic mass is 16.2. The summed E-state index contributed by atoms with van der Waals surface area (Å²) in [6.07, 6.45) is 3.57. The van der Waals surface area contributed by atoms with Gasteiger partial charge in [-0.1, -0.05) is 30.3 Å². The highest BCUT2D eigenvalue weighted by Crippen LogP contribution is 2.09. The number of nitrogens with two attached hydrogens (primary N) is 1. The summed E-state index contributed by atoms with van der Waals surface area (Å²) in [5.74, 6) is -0.190. The second-order valence-corrected chi connectivity index (χ2v) is 4.13. The number of hydrogen-bond acceptors (Lipinski definition) is 3. The lowest BCUT2D eigenvalue weighted by Gasteiger charge is -2.11. The van der Waals surface area contributed by atoms with E-state index in [9.17, 15) is 4.79 Å². The van der Waals surface area contributed by atoms with Crippen molar-refractivity contribution in [3.8, 4) is 0 Å². The molecule has 18 heavy (non-hydrogen) atoms. The van der Waals surface area contributed by atoms with Gasteiger partial charge in [0.15, 0.2) is 0 Å². The summed E-state index contributed by atoms with van der Waals surface area (Å²) < 4.78 is 1.69. The van der Waals surface area contributed by atoms with E-state index in [0.29, 0.717) is 6.54 Å². The molecule has 0 aliphatic heterocycles. The Morgan fingerprint density at radius 2 is 2.17 bits per heavy atom. The topological polar surface area (TPSA) is 72.9 Å². The predicted molar refractivity (Wildman–Crippen MR) is 68.4 cm³/mol. The predicted octanol–water partition coefficient (Wildman–Crippen LogP) is 0.736. The highest BCUT2D eigenvalue weighted by Gasteiger charge is 2.14. The van der Waals surface area contributed by atoms with Crippen molar-refractivity contribution >= 4 is 5.91 Å². The van der Waals surface area contributed by atoms with E-state index in [-0.39, 0.29) is 5.91 Å². The Morgan fingerprint density at radius 1 is 1.44 bits per heavy atom. The molecule has 2 rings (SSSR count). The molecule has 0 saturated heterocycles. The van der Waals surface area contributed by atoms with Crippen molar-refractivity contribution < 1.29 is 4.79 Å². The normalized spacial score (nSPS) is 12.1. The number of aryl methyl sites for hydroxylation is 1. The first-order valence-electron chi connectivity index (χ1n) is 5.72. The van der Waals surface area contributed by atoms with Crippen LogP contribution in [-0.4, -0.2) is 15.7 Å². The number of amides is 1. The molecule has 1 aromatic carbocycles. The van der Waals surface area contributed by atoms with Crippen molar-refractivity contribution in [1.82, 2.24) is 15.1 Å². The lowest BCUT2D eigenvalue weighted by molar-refractivity contribution is -0.122. The van der Waals surface area contributed by atoms with Crippen LogP contribution >= 0.6 is 0 Å². The lowest BCUT2D eigenvalue weighted by Crippen LogP contribution is -2.33. The first-order valence-corrected chi connectivity index (χ1v) is 5.72. The quantitative estimate of drug-likeness (QED) is 0.833. The third-order valence-corrected chi connectivity index (χ3v) is 2.67. The van der Waals surface area contributed by atoms with Gasteiger partial charge >= 0.3 is 0 Å². The number of nitrogens with zero attached hydrogens (tertiary/aromatic N) is 2. The molecule has 0 radical (unpaired) electrons. The second-order valence-electron chi connectivity index (χ2n) is 4.13. The van der Waals surface area contributed by atoms with Crippen LogP contribution in [0.3, 0.4) is 0 Å². The van der Waals surface area contributed by atoms with Gasteiger partial charge in [-0.3, -0.25) is 9.48 Å². The summed E-state index contributed by atoms with van der Waals surface area (Å²) in [6, 6.07) is 8.67. The van der Waals surface area contributed by atoms with Gasteiger partial charge in [0.25, 0.3) is 0 Å². The van der Waals surface area contributed by atoms with Gasteiger partial charge in [0.1, 0.15) is 6.04 Å². The molecule has 1 heterocycles. The van der Waals surface area contributed by atoms with Crippen molar-refractivity contribution in [3.05, 3.63) is 53.9 Å². The molecule has 1 atom stereocenters. The summed E-state index contributed by atoms with van der Waals surface area (Å²) >= 11 is 0. The van der Waals surface area contributed by atoms with Crippen molar-refractivity contribution in [2.24, 2.45) is 12.8 Å². The zero-order valence-electron chi connectivity index (χ0n) is 10.2. The molecule has 0 fully saturated rings. The maximum atomic E-state index is 11.9. The van der Waals surface area contributed by atoms with Gasteiger partial charge in [0.2, 0.25) is 5.91 Å². The monoisotopic (exact) mass is 244 g/mol. The number of nitrogens with one attached hydrogen (secondary N) is 1. The van der Waals surface area contributed by atoms with Gasteiger partial charge in [-0.2, -0.15) is 5.10 Å². The van der Waals surface area contributed by atoms with Crippen LogP contribution in [0, 0.1) is 0 Å². The van der Waals surface area contributed by atoms with Crippen molar-refractivity contribution in [2.45, 2.75) is 12.6 Å². The Bertz CT molecular complexity index is 521. The molecule has 0 saturated carbocycles. The average Bonchev–Trinajstić information content (AvgIpc) is 2.82. The van der Waals surface area contributed by atoms with Crippen LogP contribution in [0.5, 0.6) is 0 Å². The molecule has 0 spiro atoms. The van der Waals surface area contributed by atoms with E-state index < -0.39 is 6.04 Å². The smallest absolute Gasteiger partial charge is 0.241 e. The lowest BCUT2D eigenvalue weighted by atomic mass is 10.1. The molecule has 1 aromatic heterocycles. The summed E-state index contributed by atoms with van der Waals surface area (Å²) in [4.78, 5) is 11.9. The Balaban J connectivity index is 1.92. The summed E-state index contributed by atoms with van der Waals surface area (Å²) in [5.41, 5.74) is 7.63.